The Balaban J connectivity index is 1.34. The van der Waals surface area contributed by atoms with Gasteiger partial charge in [0.2, 0.25) is 5.91 Å². The molecule has 0 radical (unpaired) electrons. The van der Waals surface area contributed by atoms with Crippen LogP contribution >= 0.6 is 0 Å². The van der Waals surface area contributed by atoms with Crippen molar-refractivity contribution in [2.45, 2.75) is 37.8 Å². The highest BCUT2D eigenvalue weighted by atomic mass is 16.4. The summed E-state index contributed by atoms with van der Waals surface area (Å²) < 4.78 is 5.25. The molecule has 4 rings (SSSR count). The Morgan fingerprint density at radius 1 is 1.21 bits per heavy atom. The smallest absolute Gasteiger partial charge is 0.338 e. The number of hydrogen-bond acceptors (Lipinski definition) is 6. The van der Waals surface area contributed by atoms with Crippen molar-refractivity contribution in [2.75, 3.05) is 31.5 Å². The van der Waals surface area contributed by atoms with Crippen LogP contribution in [0.5, 0.6) is 0 Å². The van der Waals surface area contributed by atoms with Crippen LogP contribution in [-0.4, -0.2) is 54.0 Å². The number of hydrogen-bond donors (Lipinski definition) is 1. The van der Waals surface area contributed by atoms with Crippen molar-refractivity contribution in [1.82, 2.24) is 9.80 Å². The molecule has 2 aliphatic heterocycles. The lowest BCUT2D eigenvalue weighted by Gasteiger charge is -2.33. The van der Waals surface area contributed by atoms with Crippen LogP contribution in [0.15, 0.2) is 39.5 Å². The normalized spacial score (nSPS) is 21.0. The Morgan fingerprint density at radius 3 is 2.79 bits per heavy atom. The number of piperidine rings is 1. The van der Waals surface area contributed by atoms with Gasteiger partial charge in [0.1, 0.15) is 11.6 Å². The number of nitrogens with zero attached hydrogens (tertiary/aromatic N) is 3. The third-order valence-corrected chi connectivity index (χ3v) is 5.68. The molecule has 7 nitrogen and oxygen atoms in total. The second-order valence-corrected chi connectivity index (χ2v) is 7.54. The summed E-state index contributed by atoms with van der Waals surface area (Å²) in [4.78, 5) is 28.2. The van der Waals surface area contributed by atoms with Gasteiger partial charge in [-0.2, -0.15) is 5.26 Å². The van der Waals surface area contributed by atoms with E-state index in [0.29, 0.717) is 18.7 Å². The fourth-order valence-electron chi connectivity index (χ4n) is 4.17. The van der Waals surface area contributed by atoms with Crippen LogP contribution in [0.1, 0.15) is 25.7 Å². The molecule has 2 fully saturated rings. The van der Waals surface area contributed by atoms with E-state index in [1.54, 1.807) is 11.0 Å². The molecule has 1 atom stereocenters. The fourth-order valence-corrected chi connectivity index (χ4v) is 4.17. The lowest BCUT2D eigenvalue weighted by Crippen LogP contribution is -2.46. The summed E-state index contributed by atoms with van der Waals surface area (Å²) in [5.74, 6) is 0.0575. The van der Waals surface area contributed by atoms with Gasteiger partial charge in [0, 0.05) is 37.1 Å². The Labute approximate surface area is 163 Å². The molecule has 2 aromatic rings. The van der Waals surface area contributed by atoms with Crippen LogP contribution < -0.4 is 10.9 Å². The summed E-state index contributed by atoms with van der Waals surface area (Å²) in [5.41, 5.74) is 1.02. The minimum Gasteiger partial charge on any atom is -0.423 e. The number of carbonyl (C=O) groups is 1. The molecule has 0 aliphatic carbocycles. The van der Waals surface area contributed by atoms with Crippen LogP contribution in [0, 0.1) is 11.3 Å². The molecule has 0 spiro atoms. The van der Waals surface area contributed by atoms with Gasteiger partial charge < -0.3 is 14.6 Å². The summed E-state index contributed by atoms with van der Waals surface area (Å²) in [6.45, 7) is 2.70. The molecule has 0 bridgehead atoms. The fraction of sp³-hybridized carbons (Fsp3) is 0.476. The van der Waals surface area contributed by atoms with Gasteiger partial charge in [0.05, 0.1) is 18.3 Å². The SMILES string of the molecule is N#C[C@@H]1CCCN1C(=O)CN1CCC(Nc2cc(=O)oc3ccccc23)CC1. The van der Waals surface area contributed by atoms with Crippen LogP contribution in [0.4, 0.5) is 5.69 Å². The molecule has 1 aromatic heterocycles. The van der Waals surface area contributed by atoms with Crippen LogP contribution in [0.25, 0.3) is 11.0 Å². The van der Waals surface area contributed by atoms with Crippen molar-refractivity contribution in [3.8, 4) is 6.07 Å². The third-order valence-electron chi connectivity index (χ3n) is 5.68. The average Bonchev–Trinajstić information content (AvgIpc) is 3.18. The number of nitrogens with one attached hydrogen (secondary N) is 1. The molecule has 0 unspecified atom stereocenters. The van der Waals surface area contributed by atoms with E-state index in [2.05, 4.69) is 16.3 Å². The van der Waals surface area contributed by atoms with E-state index in [4.69, 9.17) is 9.68 Å². The summed E-state index contributed by atoms with van der Waals surface area (Å²) in [5, 5.41) is 13.6. The Kier molecular flexibility index (Phi) is 5.31. The molecule has 7 heteroatoms. The quantitative estimate of drug-likeness (QED) is 0.818. The van der Waals surface area contributed by atoms with Crippen molar-refractivity contribution in [1.29, 1.82) is 5.26 Å². The monoisotopic (exact) mass is 380 g/mol. The third kappa shape index (κ3) is 3.87. The first-order chi connectivity index (χ1) is 13.6. The molecular formula is C21H24N4O3. The number of rotatable bonds is 4. The minimum absolute atomic E-state index is 0.0575. The van der Waals surface area contributed by atoms with Gasteiger partial charge in [-0.05, 0) is 37.8 Å². The zero-order valence-corrected chi connectivity index (χ0v) is 15.8. The molecule has 28 heavy (non-hydrogen) atoms. The molecule has 2 saturated heterocycles. The maximum atomic E-state index is 12.5. The number of nitriles is 1. The highest BCUT2D eigenvalue weighted by Gasteiger charge is 2.30. The Bertz CT molecular complexity index is 956. The highest BCUT2D eigenvalue weighted by Crippen LogP contribution is 2.24. The minimum atomic E-state index is -0.359. The zero-order valence-electron chi connectivity index (χ0n) is 15.8. The second-order valence-electron chi connectivity index (χ2n) is 7.54. The molecule has 0 saturated carbocycles. The van der Waals surface area contributed by atoms with Crippen molar-refractivity contribution >= 4 is 22.6 Å². The Hall–Kier alpha value is -2.85. The van der Waals surface area contributed by atoms with E-state index >= 15 is 0 Å². The first-order valence-electron chi connectivity index (χ1n) is 9.85. The van der Waals surface area contributed by atoms with Gasteiger partial charge in [-0.1, -0.05) is 12.1 Å². The Morgan fingerprint density at radius 2 is 2.00 bits per heavy atom. The van der Waals surface area contributed by atoms with E-state index in [-0.39, 0.29) is 23.6 Å². The summed E-state index contributed by atoms with van der Waals surface area (Å²) in [6, 6.07) is 11.2. The standard InChI is InChI=1S/C21H24N4O3/c22-13-16-4-3-9-25(16)20(26)14-24-10-7-15(8-11-24)23-18-12-21(27)28-19-6-2-1-5-17(18)19/h1-2,5-6,12,15-16,23H,3-4,7-11,14H2/t16-/m0/s1. The molecular weight excluding hydrogens is 356 g/mol. The van der Waals surface area contributed by atoms with E-state index in [0.717, 1.165) is 49.8 Å². The number of benzene rings is 1. The second kappa shape index (κ2) is 8.03. The lowest BCUT2D eigenvalue weighted by molar-refractivity contribution is -0.132. The van der Waals surface area contributed by atoms with Gasteiger partial charge in [0.25, 0.3) is 0 Å². The molecule has 146 valence electrons. The first kappa shape index (κ1) is 18.5. The first-order valence-corrected chi connectivity index (χ1v) is 9.85. The van der Waals surface area contributed by atoms with Gasteiger partial charge >= 0.3 is 5.63 Å². The number of carbonyl (C=O) groups excluding carboxylic acids is 1. The van der Waals surface area contributed by atoms with Gasteiger partial charge in [-0.25, -0.2) is 4.79 Å². The van der Waals surface area contributed by atoms with Crippen LogP contribution in [0.2, 0.25) is 0 Å². The molecule has 1 N–H and O–H groups in total. The topological polar surface area (TPSA) is 89.6 Å². The predicted octanol–water partition coefficient (Wildman–Crippen LogP) is 2.18. The van der Waals surface area contributed by atoms with Gasteiger partial charge in [0.15, 0.2) is 0 Å². The van der Waals surface area contributed by atoms with E-state index in [1.165, 1.54) is 6.07 Å². The summed E-state index contributed by atoms with van der Waals surface area (Å²) in [6.07, 6.45) is 3.48. The molecule has 1 aromatic carbocycles. The van der Waals surface area contributed by atoms with Crippen molar-refractivity contribution in [3.63, 3.8) is 0 Å². The van der Waals surface area contributed by atoms with Crippen LogP contribution in [0.3, 0.4) is 0 Å². The highest BCUT2D eigenvalue weighted by molar-refractivity contribution is 5.89. The molecule has 3 heterocycles. The van der Waals surface area contributed by atoms with Crippen LogP contribution in [-0.2, 0) is 4.79 Å². The van der Waals surface area contributed by atoms with Crippen molar-refractivity contribution in [3.05, 3.63) is 40.8 Å². The summed E-state index contributed by atoms with van der Waals surface area (Å²) >= 11 is 0. The van der Waals surface area contributed by atoms with Crippen molar-refractivity contribution < 1.29 is 9.21 Å². The maximum Gasteiger partial charge on any atom is 0.338 e. The molecule has 1 amide bonds. The summed E-state index contributed by atoms with van der Waals surface area (Å²) in [7, 11) is 0. The lowest BCUT2D eigenvalue weighted by atomic mass is 10.0. The average molecular weight is 380 g/mol. The number of likely N-dealkylation sites (tertiary alicyclic amines) is 2. The predicted molar refractivity (Wildman–Crippen MR) is 106 cm³/mol. The maximum absolute atomic E-state index is 12.5. The number of amides is 1. The number of para-hydroxylation sites is 1. The number of anilines is 1. The van der Waals surface area contributed by atoms with E-state index < -0.39 is 0 Å². The van der Waals surface area contributed by atoms with Gasteiger partial charge in [-0.3, -0.25) is 9.69 Å². The van der Waals surface area contributed by atoms with Crippen molar-refractivity contribution in [2.24, 2.45) is 0 Å². The van der Waals surface area contributed by atoms with Gasteiger partial charge in [-0.15, -0.1) is 0 Å². The van der Waals surface area contributed by atoms with E-state index in [1.807, 2.05) is 18.2 Å². The zero-order chi connectivity index (χ0) is 19.5. The number of fused-ring (bicyclic) bond motifs is 1. The molecule has 2 aliphatic rings. The largest absolute Gasteiger partial charge is 0.423 e. The van der Waals surface area contributed by atoms with E-state index in [9.17, 15) is 9.59 Å².